The van der Waals surface area contributed by atoms with Crippen LogP contribution in [0.3, 0.4) is 0 Å². The molecule has 2 rings (SSSR count). The molecule has 0 radical (unpaired) electrons. The van der Waals surface area contributed by atoms with Crippen LogP contribution in [0.25, 0.3) is 0 Å². The molecule has 0 aromatic heterocycles. The smallest absolute Gasteiger partial charge is 0.211 e. The first-order valence-electron chi connectivity index (χ1n) is 5.67. The molecule has 0 aliphatic carbocycles. The molecule has 0 saturated carbocycles. The molecule has 0 unspecified atom stereocenters. The summed E-state index contributed by atoms with van der Waals surface area (Å²) < 4.78 is 25.6. The van der Waals surface area contributed by atoms with Crippen LogP contribution < -0.4 is 0 Å². The third kappa shape index (κ3) is 3.42. The molecule has 1 aliphatic heterocycles. The van der Waals surface area contributed by atoms with Gasteiger partial charge in [0.25, 0.3) is 0 Å². The van der Waals surface area contributed by atoms with Crippen LogP contribution >= 0.6 is 22.6 Å². The predicted molar refractivity (Wildman–Crippen MR) is 77.6 cm³/mol. The van der Waals surface area contributed by atoms with E-state index >= 15 is 0 Å². The highest BCUT2D eigenvalue weighted by molar-refractivity contribution is 14.1. The first-order valence-corrected chi connectivity index (χ1v) is 8.60. The zero-order chi connectivity index (χ0) is 12.5. The predicted octanol–water partition coefficient (Wildman–Crippen LogP) is 2.43. The zero-order valence-electron chi connectivity index (χ0n) is 9.77. The molecular formula is C12H16INO2S. The van der Waals surface area contributed by atoms with E-state index in [4.69, 9.17) is 0 Å². The van der Waals surface area contributed by atoms with Gasteiger partial charge in [-0.15, -0.1) is 0 Å². The van der Waals surface area contributed by atoms with E-state index in [2.05, 4.69) is 46.9 Å². The Balaban J connectivity index is 2.02. The number of hydrogen-bond donors (Lipinski definition) is 0. The summed E-state index contributed by atoms with van der Waals surface area (Å²) >= 11 is 2.29. The normalized spacial score (nSPS) is 19.4. The lowest BCUT2D eigenvalue weighted by Crippen LogP contribution is -2.37. The first kappa shape index (κ1) is 13.3. The summed E-state index contributed by atoms with van der Waals surface area (Å²) in [6.45, 7) is 1.30. The molecule has 94 valence electrons. The molecule has 3 nitrogen and oxygen atoms in total. The van der Waals surface area contributed by atoms with Gasteiger partial charge in [-0.25, -0.2) is 12.7 Å². The second-order valence-electron chi connectivity index (χ2n) is 4.49. The maximum Gasteiger partial charge on any atom is 0.211 e. The molecule has 0 amide bonds. The summed E-state index contributed by atoms with van der Waals surface area (Å²) in [6, 6.07) is 8.53. The van der Waals surface area contributed by atoms with Crippen molar-refractivity contribution >= 4 is 32.6 Å². The zero-order valence-corrected chi connectivity index (χ0v) is 12.7. The van der Waals surface area contributed by atoms with Crippen molar-refractivity contribution in [3.8, 4) is 0 Å². The molecule has 5 heteroatoms. The number of nitrogens with zero attached hydrogens (tertiary/aromatic N) is 1. The monoisotopic (exact) mass is 365 g/mol. The summed E-state index contributed by atoms with van der Waals surface area (Å²) in [5, 5.41) is 0. The Labute approximate surface area is 116 Å². The lowest BCUT2D eigenvalue weighted by atomic mass is 9.90. The fourth-order valence-corrected chi connectivity index (χ4v) is 3.49. The Bertz CT molecular complexity index is 476. The highest BCUT2D eigenvalue weighted by atomic mass is 127. The third-order valence-electron chi connectivity index (χ3n) is 3.26. The number of piperidine rings is 1. The summed E-state index contributed by atoms with van der Waals surface area (Å²) in [5.41, 5.74) is 1.33. The second kappa shape index (κ2) is 5.24. The van der Waals surface area contributed by atoms with Gasteiger partial charge in [0.2, 0.25) is 10.0 Å². The molecule has 1 aromatic carbocycles. The van der Waals surface area contributed by atoms with Crippen LogP contribution in [-0.2, 0) is 10.0 Å². The lowest BCUT2D eigenvalue weighted by Gasteiger charge is -2.30. The highest BCUT2D eigenvalue weighted by Gasteiger charge is 2.25. The Kier molecular flexibility index (Phi) is 4.10. The second-order valence-corrected chi connectivity index (χ2v) is 7.72. The van der Waals surface area contributed by atoms with E-state index in [1.54, 1.807) is 4.31 Å². The Morgan fingerprint density at radius 1 is 1.18 bits per heavy atom. The molecule has 1 fully saturated rings. The summed E-state index contributed by atoms with van der Waals surface area (Å²) in [6.07, 6.45) is 3.14. The van der Waals surface area contributed by atoms with E-state index in [0.717, 1.165) is 12.8 Å². The van der Waals surface area contributed by atoms with Gasteiger partial charge in [-0.05, 0) is 59.0 Å². The van der Waals surface area contributed by atoms with Crippen molar-refractivity contribution in [1.29, 1.82) is 0 Å². The van der Waals surface area contributed by atoms with Crippen LogP contribution in [0.1, 0.15) is 24.3 Å². The van der Waals surface area contributed by atoms with E-state index in [-0.39, 0.29) is 0 Å². The summed E-state index contributed by atoms with van der Waals surface area (Å²) in [5.74, 6) is 0.505. The van der Waals surface area contributed by atoms with Crippen LogP contribution in [-0.4, -0.2) is 32.1 Å². The maximum absolute atomic E-state index is 11.4. The van der Waals surface area contributed by atoms with E-state index in [1.807, 2.05) is 0 Å². The van der Waals surface area contributed by atoms with Gasteiger partial charge in [-0.1, -0.05) is 12.1 Å². The minimum Gasteiger partial charge on any atom is -0.213 e. The van der Waals surface area contributed by atoms with Crippen LogP contribution in [0.5, 0.6) is 0 Å². The van der Waals surface area contributed by atoms with Crippen molar-refractivity contribution in [2.45, 2.75) is 18.8 Å². The maximum atomic E-state index is 11.4. The first-order chi connectivity index (χ1) is 7.97. The van der Waals surface area contributed by atoms with Crippen LogP contribution in [0.2, 0.25) is 0 Å². The number of hydrogen-bond acceptors (Lipinski definition) is 2. The Hall–Kier alpha value is -0.140. The van der Waals surface area contributed by atoms with Crippen LogP contribution in [0, 0.1) is 3.57 Å². The number of halogens is 1. The van der Waals surface area contributed by atoms with Gasteiger partial charge >= 0.3 is 0 Å². The third-order valence-corrected chi connectivity index (χ3v) is 5.29. The average Bonchev–Trinajstić information content (AvgIpc) is 2.29. The summed E-state index contributed by atoms with van der Waals surface area (Å²) in [4.78, 5) is 0. The number of rotatable bonds is 2. The minimum absolute atomic E-state index is 0.505. The molecule has 1 saturated heterocycles. The van der Waals surface area contributed by atoms with Gasteiger partial charge in [0.05, 0.1) is 6.26 Å². The van der Waals surface area contributed by atoms with Crippen molar-refractivity contribution < 1.29 is 8.42 Å². The van der Waals surface area contributed by atoms with Gasteiger partial charge in [0.15, 0.2) is 0 Å². The van der Waals surface area contributed by atoms with E-state index < -0.39 is 10.0 Å². The van der Waals surface area contributed by atoms with Gasteiger partial charge in [0, 0.05) is 16.7 Å². The average molecular weight is 365 g/mol. The summed E-state index contributed by atoms with van der Waals surface area (Å²) in [7, 11) is -3.01. The van der Waals surface area contributed by atoms with Crippen LogP contribution in [0.4, 0.5) is 0 Å². The highest BCUT2D eigenvalue weighted by Crippen LogP contribution is 2.29. The van der Waals surface area contributed by atoms with E-state index in [9.17, 15) is 8.42 Å². The van der Waals surface area contributed by atoms with E-state index in [1.165, 1.54) is 15.4 Å². The van der Waals surface area contributed by atoms with Gasteiger partial charge in [0.1, 0.15) is 0 Å². The number of sulfonamides is 1. The fraction of sp³-hybridized carbons (Fsp3) is 0.500. The molecule has 1 aromatic rings. The quantitative estimate of drug-likeness (QED) is 0.755. The SMILES string of the molecule is CS(=O)(=O)N1CCC(c2ccc(I)cc2)CC1. The molecule has 0 spiro atoms. The van der Waals surface area contributed by atoms with Crippen molar-refractivity contribution in [3.05, 3.63) is 33.4 Å². The Morgan fingerprint density at radius 2 is 1.71 bits per heavy atom. The van der Waals surface area contributed by atoms with Crippen molar-refractivity contribution in [1.82, 2.24) is 4.31 Å². The molecule has 1 aliphatic rings. The van der Waals surface area contributed by atoms with Gasteiger partial charge in [-0.3, -0.25) is 0 Å². The number of benzene rings is 1. The molecule has 0 bridgehead atoms. The topological polar surface area (TPSA) is 37.4 Å². The van der Waals surface area contributed by atoms with Gasteiger partial charge < -0.3 is 0 Å². The van der Waals surface area contributed by atoms with Crippen molar-refractivity contribution in [3.63, 3.8) is 0 Å². The molecule has 1 heterocycles. The van der Waals surface area contributed by atoms with Crippen molar-refractivity contribution in [2.75, 3.05) is 19.3 Å². The minimum atomic E-state index is -3.01. The van der Waals surface area contributed by atoms with Gasteiger partial charge in [-0.2, -0.15) is 0 Å². The van der Waals surface area contributed by atoms with Crippen LogP contribution in [0.15, 0.2) is 24.3 Å². The molecule has 0 atom stereocenters. The lowest BCUT2D eigenvalue weighted by molar-refractivity contribution is 0.321. The van der Waals surface area contributed by atoms with Crippen molar-refractivity contribution in [2.24, 2.45) is 0 Å². The Morgan fingerprint density at radius 3 is 2.18 bits per heavy atom. The fourth-order valence-electron chi connectivity index (χ4n) is 2.26. The standard InChI is InChI=1S/C12H16INO2S/c1-17(15,16)14-8-6-11(7-9-14)10-2-4-12(13)5-3-10/h2-5,11H,6-9H2,1H3. The van der Waals surface area contributed by atoms with E-state index in [0.29, 0.717) is 19.0 Å². The molecular weight excluding hydrogens is 349 g/mol. The molecule has 0 N–H and O–H groups in total. The largest absolute Gasteiger partial charge is 0.213 e. The molecule has 17 heavy (non-hydrogen) atoms.